The van der Waals surface area contributed by atoms with Crippen molar-refractivity contribution in [2.75, 3.05) is 31.4 Å². The fraction of sp³-hybridized carbons (Fsp3) is 0.160. The summed E-state index contributed by atoms with van der Waals surface area (Å²) in [5.74, 6) is 0.654. The Bertz CT molecular complexity index is 1460. The second-order valence-corrected chi connectivity index (χ2v) is 9.66. The summed E-state index contributed by atoms with van der Waals surface area (Å²) in [4.78, 5) is 12.2. The fourth-order valence-electron chi connectivity index (χ4n) is 3.34. The number of nitrogens with one attached hydrogen (secondary N) is 2. The molecule has 0 aliphatic carbocycles. The van der Waals surface area contributed by atoms with Crippen molar-refractivity contribution in [3.8, 4) is 17.2 Å². The number of halogens is 4. The number of ether oxygens (including phenoxy) is 3. The standard InChI is InChI=1S/C25H22ClF3N2O6S/c1-35-21-12-4-15(23(36-2)24(21)37-3)5-13-22(32)30-16-6-9-18(10-7-16)38(33,34)31-17-8-11-20(26)19(14-17)25(27,28)29/h4-14,31H,1-3H3,(H,30,32)/b13-5+. The van der Waals surface area contributed by atoms with Gasteiger partial charge in [0.1, 0.15) is 0 Å². The second kappa shape index (κ2) is 11.7. The smallest absolute Gasteiger partial charge is 0.417 e. The summed E-state index contributed by atoms with van der Waals surface area (Å²) in [5.41, 5.74) is -0.654. The molecule has 3 aromatic carbocycles. The maximum absolute atomic E-state index is 13.1. The lowest BCUT2D eigenvalue weighted by Gasteiger charge is -2.14. The van der Waals surface area contributed by atoms with E-state index in [0.29, 0.717) is 28.9 Å². The zero-order valence-electron chi connectivity index (χ0n) is 20.2. The van der Waals surface area contributed by atoms with Gasteiger partial charge in [-0.1, -0.05) is 11.6 Å². The van der Waals surface area contributed by atoms with Crippen LogP contribution in [0.15, 0.2) is 65.6 Å². The monoisotopic (exact) mass is 570 g/mol. The third kappa shape index (κ3) is 6.69. The molecule has 13 heteroatoms. The molecule has 0 radical (unpaired) electrons. The van der Waals surface area contributed by atoms with Gasteiger partial charge in [-0.3, -0.25) is 9.52 Å². The molecule has 202 valence electrons. The van der Waals surface area contributed by atoms with Crippen LogP contribution in [-0.2, 0) is 21.0 Å². The summed E-state index contributed by atoms with van der Waals surface area (Å²) in [6.45, 7) is 0. The number of anilines is 2. The van der Waals surface area contributed by atoms with Crippen LogP contribution in [0.5, 0.6) is 17.2 Å². The predicted octanol–water partition coefficient (Wildman–Crippen LogP) is 5.84. The fourth-order valence-corrected chi connectivity index (χ4v) is 4.62. The third-order valence-corrected chi connectivity index (χ3v) is 6.83. The Labute approximate surface area is 222 Å². The van der Waals surface area contributed by atoms with Crippen molar-refractivity contribution >= 4 is 45.0 Å². The first-order valence-electron chi connectivity index (χ1n) is 10.7. The van der Waals surface area contributed by atoms with Gasteiger partial charge in [0.15, 0.2) is 11.5 Å². The van der Waals surface area contributed by atoms with E-state index in [-0.39, 0.29) is 16.3 Å². The lowest BCUT2D eigenvalue weighted by Crippen LogP contribution is -2.14. The molecular weight excluding hydrogens is 549 g/mol. The van der Waals surface area contributed by atoms with E-state index in [0.717, 1.165) is 12.1 Å². The predicted molar refractivity (Wildman–Crippen MR) is 137 cm³/mol. The van der Waals surface area contributed by atoms with Crippen molar-refractivity contribution in [1.82, 2.24) is 0 Å². The minimum absolute atomic E-state index is 0.232. The van der Waals surface area contributed by atoms with Crippen LogP contribution < -0.4 is 24.2 Å². The molecule has 0 fully saturated rings. The number of carbonyl (C=O) groups is 1. The van der Waals surface area contributed by atoms with Crippen LogP contribution in [0.3, 0.4) is 0 Å². The Kier molecular flexibility index (Phi) is 8.79. The average molecular weight is 571 g/mol. The highest BCUT2D eigenvalue weighted by molar-refractivity contribution is 7.92. The van der Waals surface area contributed by atoms with Gasteiger partial charge < -0.3 is 19.5 Å². The van der Waals surface area contributed by atoms with E-state index in [1.807, 2.05) is 0 Å². The number of methoxy groups -OCH3 is 3. The van der Waals surface area contributed by atoms with Crippen LogP contribution in [-0.4, -0.2) is 35.7 Å². The first-order chi connectivity index (χ1) is 17.9. The number of amides is 1. The van der Waals surface area contributed by atoms with Crippen LogP contribution in [0.2, 0.25) is 5.02 Å². The summed E-state index contributed by atoms with van der Waals surface area (Å²) in [6, 6.07) is 11.1. The number of sulfonamides is 1. The molecule has 0 heterocycles. The molecule has 0 bridgehead atoms. The summed E-state index contributed by atoms with van der Waals surface area (Å²) >= 11 is 5.57. The molecule has 1 amide bonds. The molecule has 2 N–H and O–H groups in total. The summed E-state index contributed by atoms with van der Waals surface area (Å²) in [5, 5.41) is 2.03. The number of alkyl halides is 3. The van der Waals surface area contributed by atoms with Crippen molar-refractivity contribution in [3.63, 3.8) is 0 Å². The molecule has 3 aromatic rings. The van der Waals surface area contributed by atoms with E-state index in [9.17, 15) is 26.4 Å². The number of hydrogen-bond donors (Lipinski definition) is 2. The Morgan fingerprint density at radius 2 is 1.53 bits per heavy atom. The number of hydrogen-bond acceptors (Lipinski definition) is 6. The first kappa shape index (κ1) is 28.7. The molecular formula is C25H22ClF3N2O6S. The lowest BCUT2D eigenvalue weighted by atomic mass is 10.1. The van der Waals surface area contributed by atoms with Crippen molar-refractivity contribution in [3.05, 3.63) is 76.8 Å². The maximum Gasteiger partial charge on any atom is 0.417 e. The van der Waals surface area contributed by atoms with Crippen molar-refractivity contribution in [2.24, 2.45) is 0 Å². The van der Waals surface area contributed by atoms with Crippen LogP contribution in [0.25, 0.3) is 6.08 Å². The molecule has 38 heavy (non-hydrogen) atoms. The molecule has 0 aliphatic heterocycles. The zero-order valence-corrected chi connectivity index (χ0v) is 21.8. The Hall–Kier alpha value is -3.90. The molecule has 0 aromatic heterocycles. The molecule has 3 rings (SSSR count). The number of rotatable bonds is 9. The minimum atomic E-state index is -4.75. The molecule has 8 nitrogen and oxygen atoms in total. The van der Waals surface area contributed by atoms with Crippen LogP contribution >= 0.6 is 11.6 Å². The van der Waals surface area contributed by atoms with Gasteiger partial charge in [0.25, 0.3) is 10.0 Å². The SMILES string of the molecule is COc1ccc(/C=C/C(=O)Nc2ccc(S(=O)(=O)Nc3ccc(Cl)c(C(F)(F)F)c3)cc2)c(OC)c1OC. The van der Waals surface area contributed by atoms with E-state index >= 15 is 0 Å². The number of carbonyl (C=O) groups excluding carboxylic acids is 1. The lowest BCUT2D eigenvalue weighted by molar-refractivity contribution is -0.137. The van der Waals surface area contributed by atoms with Gasteiger partial charge in [-0.2, -0.15) is 13.2 Å². The Morgan fingerprint density at radius 1 is 0.895 bits per heavy atom. The highest BCUT2D eigenvalue weighted by Gasteiger charge is 2.33. The van der Waals surface area contributed by atoms with E-state index in [1.165, 1.54) is 57.7 Å². The topological polar surface area (TPSA) is 103 Å². The highest BCUT2D eigenvalue weighted by atomic mass is 35.5. The highest BCUT2D eigenvalue weighted by Crippen LogP contribution is 2.40. The van der Waals surface area contributed by atoms with Crippen molar-refractivity contribution in [1.29, 1.82) is 0 Å². The minimum Gasteiger partial charge on any atom is -0.493 e. The van der Waals surface area contributed by atoms with E-state index < -0.39 is 32.7 Å². The normalized spacial score (nSPS) is 11.8. The Balaban J connectivity index is 1.72. The molecule has 0 aliphatic rings. The zero-order chi connectivity index (χ0) is 28.1. The van der Waals surface area contributed by atoms with Gasteiger partial charge in [-0.05, 0) is 60.7 Å². The largest absolute Gasteiger partial charge is 0.493 e. The van der Waals surface area contributed by atoms with Crippen molar-refractivity contribution in [2.45, 2.75) is 11.1 Å². The van der Waals surface area contributed by atoms with Crippen LogP contribution in [0, 0.1) is 0 Å². The van der Waals surface area contributed by atoms with E-state index in [4.69, 9.17) is 25.8 Å². The van der Waals surface area contributed by atoms with Crippen molar-refractivity contribution < 1.29 is 40.6 Å². The van der Waals surface area contributed by atoms with Gasteiger partial charge in [-0.15, -0.1) is 0 Å². The van der Waals surface area contributed by atoms with Gasteiger partial charge in [-0.25, -0.2) is 8.42 Å². The molecule has 0 saturated carbocycles. The summed E-state index contributed by atoms with van der Waals surface area (Å²) in [6.07, 6.45) is -2.01. The van der Waals surface area contributed by atoms with E-state index in [1.54, 1.807) is 12.1 Å². The average Bonchev–Trinajstić information content (AvgIpc) is 2.87. The molecule has 0 atom stereocenters. The summed E-state index contributed by atoms with van der Waals surface area (Å²) < 4.78 is 82.5. The third-order valence-electron chi connectivity index (χ3n) is 5.11. The molecule has 0 saturated heterocycles. The van der Waals surface area contributed by atoms with Gasteiger partial charge in [0, 0.05) is 23.0 Å². The van der Waals surface area contributed by atoms with Gasteiger partial charge >= 0.3 is 6.18 Å². The first-order valence-corrected chi connectivity index (χ1v) is 12.5. The van der Waals surface area contributed by atoms with Gasteiger partial charge in [0.05, 0.1) is 36.8 Å². The second-order valence-electron chi connectivity index (χ2n) is 7.57. The molecule has 0 unspecified atom stereocenters. The molecule has 0 spiro atoms. The maximum atomic E-state index is 13.1. The number of benzene rings is 3. The Morgan fingerprint density at radius 3 is 2.11 bits per heavy atom. The quantitative estimate of drug-likeness (QED) is 0.314. The van der Waals surface area contributed by atoms with E-state index in [2.05, 4.69) is 10.0 Å². The van der Waals surface area contributed by atoms with Gasteiger partial charge in [0.2, 0.25) is 11.7 Å². The van der Waals surface area contributed by atoms with Crippen LogP contribution in [0.4, 0.5) is 24.5 Å². The summed E-state index contributed by atoms with van der Waals surface area (Å²) in [7, 11) is 0.157. The van der Waals surface area contributed by atoms with Crippen LogP contribution in [0.1, 0.15) is 11.1 Å².